The molecule has 0 radical (unpaired) electrons. The van der Waals surface area contributed by atoms with Crippen LogP contribution >= 0.6 is 7.14 Å². The number of para-hydroxylation sites is 1. The van der Waals surface area contributed by atoms with Crippen molar-refractivity contribution in [2.45, 2.75) is 29.7 Å². The topological polar surface area (TPSA) is 111 Å². The molecule has 1 heterocycles. The number of nitrogens with two attached hydrogens (primary N) is 1. The van der Waals surface area contributed by atoms with Crippen molar-refractivity contribution in [2.24, 2.45) is 5.73 Å². The molecule has 0 bridgehead atoms. The van der Waals surface area contributed by atoms with Crippen LogP contribution in [0.15, 0.2) is 71.4 Å². The van der Waals surface area contributed by atoms with Gasteiger partial charge in [-0.25, -0.2) is 8.42 Å². The lowest BCUT2D eigenvalue weighted by atomic mass is 9.96. The van der Waals surface area contributed by atoms with Crippen molar-refractivity contribution in [3.63, 3.8) is 0 Å². The van der Waals surface area contributed by atoms with Gasteiger partial charge in [0.25, 0.3) is 0 Å². The minimum absolute atomic E-state index is 0.231. The smallest absolute Gasteiger partial charge is 0.182 e. The van der Waals surface area contributed by atoms with Gasteiger partial charge < -0.3 is 25.7 Å². The number of allylic oxidation sites excluding steroid dienone is 1. The van der Waals surface area contributed by atoms with Crippen LogP contribution in [0.2, 0.25) is 0 Å². The van der Waals surface area contributed by atoms with Crippen molar-refractivity contribution in [1.29, 1.82) is 0 Å². The highest BCUT2D eigenvalue weighted by Crippen LogP contribution is 2.38. The molecule has 0 spiro atoms. The summed E-state index contributed by atoms with van der Waals surface area (Å²) in [6.07, 6.45) is 5.23. The molecule has 7 nitrogen and oxygen atoms in total. The van der Waals surface area contributed by atoms with E-state index in [1.165, 1.54) is 7.11 Å². The number of sulfone groups is 1. The lowest BCUT2D eigenvalue weighted by molar-refractivity contribution is 0.387. The second kappa shape index (κ2) is 8.77. The normalized spacial score (nSPS) is 18.8. The molecule has 0 aromatic heterocycles. The first-order valence-corrected chi connectivity index (χ1v) is 14.3. The number of methoxy groups -OCH3 is 1. The predicted molar refractivity (Wildman–Crippen MR) is 131 cm³/mol. The Kier molecular flexibility index (Phi) is 6.61. The Bertz CT molecular complexity index is 1230. The zero-order valence-electron chi connectivity index (χ0n) is 18.9. The largest absolute Gasteiger partial charge is 0.496 e. The number of benzene rings is 2. The third-order valence-corrected chi connectivity index (χ3v) is 9.05. The van der Waals surface area contributed by atoms with E-state index < -0.39 is 27.9 Å². The van der Waals surface area contributed by atoms with E-state index in [9.17, 15) is 13.0 Å². The Labute approximate surface area is 190 Å². The Morgan fingerprint density at radius 1 is 1.16 bits per heavy atom. The van der Waals surface area contributed by atoms with Crippen molar-refractivity contribution in [1.82, 2.24) is 5.32 Å². The van der Waals surface area contributed by atoms with Gasteiger partial charge in [0.15, 0.2) is 9.84 Å². The molecule has 0 saturated carbocycles. The number of rotatable bonds is 7. The molecule has 1 unspecified atom stereocenters. The maximum absolute atomic E-state index is 12.8. The van der Waals surface area contributed by atoms with E-state index in [4.69, 9.17) is 10.5 Å². The fraction of sp³-hybridized carbons (Fsp3) is 0.304. The standard InChI is InChI=1S/C23H30N3O4PS/c1-16(2)32(28,29)22-9-7-6-8-20(22)26-17-12-13-25-23(24,15-17)19-11-10-18(31(4,5)27)14-21(19)30-3/h6-16,25-26H,24H2,1-5H3. The van der Waals surface area contributed by atoms with Crippen LogP contribution in [0.1, 0.15) is 19.4 Å². The fourth-order valence-electron chi connectivity index (χ4n) is 3.42. The number of nitrogens with one attached hydrogen (secondary N) is 2. The van der Waals surface area contributed by atoms with E-state index in [1.54, 1.807) is 88.0 Å². The highest BCUT2D eigenvalue weighted by molar-refractivity contribution is 7.92. The van der Waals surface area contributed by atoms with Gasteiger partial charge in [0.05, 0.1) is 22.9 Å². The van der Waals surface area contributed by atoms with Gasteiger partial charge in [-0.3, -0.25) is 0 Å². The summed E-state index contributed by atoms with van der Waals surface area (Å²) in [5.41, 5.74) is 7.31. The molecule has 1 atom stereocenters. The molecule has 0 aliphatic carbocycles. The van der Waals surface area contributed by atoms with Crippen molar-refractivity contribution in [2.75, 3.05) is 25.8 Å². The summed E-state index contributed by atoms with van der Waals surface area (Å²) in [6, 6.07) is 12.1. The monoisotopic (exact) mass is 475 g/mol. The van der Waals surface area contributed by atoms with Crippen LogP contribution in [0, 0.1) is 0 Å². The lowest BCUT2D eigenvalue weighted by Crippen LogP contribution is -2.48. The average molecular weight is 476 g/mol. The second-order valence-corrected chi connectivity index (χ2v) is 14.1. The van der Waals surface area contributed by atoms with Crippen LogP contribution in [-0.2, 0) is 20.1 Å². The SMILES string of the molecule is COc1cc(P(C)(C)=O)ccc1C1(N)C=C(Nc2ccccc2S(=O)(=O)C(C)C)C=CN1. The Balaban J connectivity index is 2.02. The number of hydrogen-bond acceptors (Lipinski definition) is 7. The van der Waals surface area contributed by atoms with Crippen LogP contribution in [0.4, 0.5) is 5.69 Å². The van der Waals surface area contributed by atoms with Gasteiger partial charge in [-0.2, -0.15) is 0 Å². The molecule has 1 aliphatic rings. The summed E-state index contributed by atoms with van der Waals surface area (Å²) in [7, 11) is -4.41. The molecule has 32 heavy (non-hydrogen) atoms. The zero-order chi connectivity index (χ0) is 23.7. The first-order valence-electron chi connectivity index (χ1n) is 10.2. The summed E-state index contributed by atoms with van der Waals surface area (Å²) in [6.45, 7) is 6.71. The number of hydrogen-bond donors (Lipinski definition) is 3. The van der Waals surface area contributed by atoms with Crippen molar-refractivity contribution >= 4 is 28.0 Å². The van der Waals surface area contributed by atoms with Crippen LogP contribution in [0.3, 0.4) is 0 Å². The average Bonchev–Trinajstić information content (AvgIpc) is 2.73. The maximum Gasteiger partial charge on any atom is 0.182 e. The van der Waals surface area contributed by atoms with E-state index >= 15 is 0 Å². The first kappa shape index (κ1) is 24.1. The molecule has 2 aromatic rings. The quantitative estimate of drug-likeness (QED) is 0.527. The van der Waals surface area contributed by atoms with Gasteiger partial charge in [0.2, 0.25) is 0 Å². The molecule has 172 valence electrons. The minimum atomic E-state index is -3.48. The molecule has 4 N–H and O–H groups in total. The predicted octanol–water partition coefficient (Wildman–Crippen LogP) is 3.35. The summed E-state index contributed by atoms with van der Waals surface area (Å²) in [5, 5.41) is 6.48. The Morgan fingerprint density at radius 3 is 2.47 bits per heavy atom. The van der Waals surface area contributed by atoms with Crippen molar-refractivity contribution in [3.8, 4) is 5.75 Å². The van der Waals surface area contributed by atoms with E-state index in [0.29, 0.717) is 28.0 Å². The van der Waals surface area contributed by atoms with Gasteiger partial charge in [-0.15, -0.1) is 0 Å². The van der Waals surface area contributed by atoms with Gasteiger partial charge in [0, 0.05) is 22.8 Å². The first-order chi connectivity index (χ1) is 14.9. The number of anilines is 1. The number of ether oxygens (including phenoxy) is 1. The van der Waals surface area contributed by atoms with E-state index in [1.807, 2.05) is 0 Å². The Morgan fingerprint density at radius 2 is 1.84 bits per heavy atom. The van der Waals surface area contributed by atoms with E-state index in [-0.39, 0.29) is 4.90 Å². The van der Waals surface area contributed by atoms with E-state index in [0.717, 1.165) is 0 Å². The fourth-order valence-corrected chi connectivity index (χ4v) is 5.49. The summed E-state index contributed by atoms with van der Waals surface area (Å²) >= 11 is 0. The molecular formula is C23H30N3O4PS. The summed E-state index contributed by atoms with van der Waals surface area (Å²) in [5.74, 6) is 0.509. The van der Waals surface area contributed by atoms with Gasteiger partial charge in [-0.1, -0.05) is 24.3 Å². The van der Waals surface area contributed by atoms with Crippen molar-refractivity contribution < 1.29 is 17.7 Å². The van der Waals surface area contributed by atoms with Crippen LogP contribution in [0.5, 0.6) is 5.75 Å². The van der Waals surface area contributed by atoms with Crippen LogP contribution < -0.4 is 26.4 Å². The Hall–Kier alpha value is -2.54. The molecule has 1 aliphatic heterocycles. The highest BCUT2D eigenvalue weighted by Gasteiger charge is 2.31. The molecule has 0 saturated heterocycles. The molecule has 9 heteroatoms. The zero-order valence-corrected chi connectivity index (χ0v) is 20.6. The van der Waals surface area contributed by atoms with Gasteiger partial charge in [-0.05, 0) is 57.5 Å². The highest BCUT2D eigenvalue weighted by atomic mass is 32.2. The number of dihydropyridines is 1. The third kappa shape index (κ3) is 4.77. The minimum Gasteiger partial charge on any atom is -0.496 e. The molecule has 0 fully saturated rings. The summed E-state index contributed by atoms with van der Waals surface area (Å²) in [4.78, 5) is 0.231. The lowest BCUT2D eigenvalue weighted by Gasteiger charge is -2.32. The molecule has 0 amide bonds. The van der Waals surface area contributed by atoms with Gasteiger partial charge >= 0.3 is 0 Å². The van der Waals surface area contributed by atoms with Crippen LogP contribution in [-0.4, -0.2) is 34.1 Å². The third-order valence-electron chi connectivity index (χ3n) is 5.31. The van der Waals surface area contributed by atoms with Crippen molar-refractivity contribution in [3.05, 3.63) is 72.1 Å². The molecular weight excluding hydrogens is 445 g/mol. The molecule has 3 rings (SSSR count). The maximum atomic E-state index is 12.8. The second-order valence-electron chi connectivity index (χ2n) is 8.40. The molecule has 2 aromatic carbocycles. The van der Waals surface area contributed by atoms with Crippen LogP contribution in [0.25, 0.3) is 0 Å². The summed E-state index contributed by atoms with van der Waals surface area (Å²) < 4.78 is 43.6. The van der Waals surface area contributed by atoms with Gasteiger partial charge in [0.1, 0.15) is 18.6 Å². The van der Waals surface area contributed by atoms with E-state index in [2.05, 4.69) is 10.6 Å².